The van der Waals surface area contributed by atoms with Gasteiger partial charge < -0.3 is 5.32 Å². The van der Waals surface area contributed by atoms with E-state index < -0.39 is 0 Å². The van der Waals surface area contributed by atoms with E-state index >= 15 is 0 Å². The van der Waals surface area contributed by atoms with Crippen molar-refractivity contribution in [2.75, 3.05) is 5.32 Å². The van der Waals surface area contributed by atoms with Gasteiger partial charge >= 0.3 is 0 Å². The number of fused-ring (bicyclic) bond motifs is 1. The van der Waals surface area contributed by atoms with Crippen molar-refractivity contribution in [2.45, 2.75) is 0 Å². The average molecular weight is 258 g/mol. The molecule has 5 nitrogen and oxygen atoms in total. The molecule has 0 atom stereocenters. The van der Waals surface area contributed by atoms with Gasteiger partial charge in [0.25, 0.3) is 5.91 Å². The predicted molar refractivity (Wildman–Crippen MR) is 70.8 cm³/mol. The fraction of sp³-hybridized carbons (Fsp3) is 0.0833. The Hall–Kier alpha value is -2.21. The summed E-state index contributed by atoms with van der Waals surface area (Å²) >= 11 is 1.55. The monoisotopic (exact) mass is 258 g/mol. The molecule has 0 aliphatic rings. The van der Waals surface area contributed by atoms with Crippen LogP contribution in [0.25, 0.3) is 10.2 Å². The fourth-order valence-corrected chi connectivity index (χ4v) is 2.44. The van der Waals surface area contributed by atoms with Crippen molar-refractivity contribution in [1.82, 2.24) is 14.8 Å². The van der Waals surface area contributed by atoms with Crippen LogP contribution in [-0.4, -0.2) is 20.7 Å². The highest BCUT2D eigenvalue weighted by atomic mass is 32.1. The second kappa shape index (κ2) is 4.23. The first-order valence-electron chi connectivity index (χ1n) is 5.36. The van der Waals surface area contributed by atoms with Crippen molar-refractivity contribution >= 4 is 33.1 Å². The zero-order valence-corrected chi connectivity index (χ0v) is 10.4. The molecule has 0 unspecified atom stereocenters. The van der Waals surface area contributed by atoms with Crippen LogP contribution in [0.15, 0.2) is 36.0 Å². The molecule has 0 fully saturated rings. The highest BCUT2D eigenvalue weighted by molar-refractivity contribution is 7.16. The molecular formula is C12H10N4OS. The molecule has 2 aromatic heterocycles. The molecule has 18 heavy (non-hydrogen) atoms. The third-order valence-electron chi connectivity index (χ3n) is 2.64. The molecule has 0 bridgehead atoms. The summed E-state index contributed by atoms with van der Waals surface area (Å²) in [5, 5.41) is 6.82. The molecule has 0 aliphatic heterocycles. The van der Waals surface area contributed by atoms with E-state index in [1.54, 1.807) is 40.8 Å². The number of nitrogens with one attached hydrogen (secondary N) is 1. The average Bonchev–Trinajstić information content (AvgIpc) is 2.96. The van der Waals surface area contributed by atoms with Crippen LogP contribution in [0.4, 0.5) is 5.69 Å². The number of thiazole rings is 1. The van der Waals surface area contributed by atoms with E-state index in [-0.39, 0.29) is 5.91 Å². The van der Waals surface area contributed by atoms with Gasteiger partial charge in [0.1, 0.15) is 5.69 Å². The van der Waals surface area contributed by atoms with Gasteiger partial charge in [-0.2, -0.15) is 5.10 Å². The Bertz CT molecular complexity index is 716. The predicted octanol–water partition coefficient (Wildman–Crippen LogP) is 2.28. The second-order valence-electron chi connectivity index (χ2n) is 3.83. The summed E-state index contributed by atoms with van der Waals surface area (Å²) in [5.41, 5.74) is 4.02. The van der Waals surface area contributed by atoms with Gasteiger partial charge in [-0.1, -0.05) is 0 Å². The van der Waals surface area contributed by atoms with Crippen molar-refractivity contribution in [1.29, 1.82) is 0 Å². The molecule has 1 N–H and O–H groups in total. The van der Waals surface area contributed by atoms with Crippen LogP contribution in [-0.2, 0) is 7.05 Å². The molecule has 0 aliphatic carbocycles. The number of nitrogens with zero attached hydrogens (tertiary/aromatic N) is 3. The number of aromatic nitrogens is 3. The standard InChI is InChI=1S/C12H10N4OS/c1-16-10(4-5-14-16)12(17)15-8-2-3-9-11(6-8)18-7-13-9/h2-7H,1H3,(H,15,17). The highest BCUT2D eigenvalue weighted by Crippen LogP contribution is 2.22. The third kappa shape index (κ3) is 1.86. The van der Waals surface area contributed by atoms with Crippen molar-refractivity contribution < 1.29 is 4.79 Å². The van der Waals surface area contributed by atoms with Gasteiger partial charge in [-0.3, -0.25) is 9.48 Å². The van der Waals surface area contributed by atoms with Crippen LogP contribution in [0.1, 0.15) is 10.5 Å². The molecule has 0 saturated carbocycles. The summed E-state index contributed by atoms with van der Waals surface area (Å²) in [6.45, 7) is 0. The molecule has 0 radical (unpaired) electrons. The number of amides is 1. The molecule has 0 spiro atoms. The second-order valence-corrected chi connectivity index (χ2v) is 4.72. The molecule has 3 rings (SSSR count). The summed E-state index contributed by atoms with van der Waals surface area (Å²) in [5.74, 6) is -0.168. The van der Waals surface area contributed by atoms with E-state index in [0.717, 1.165) is 15.9 Å². The first-order valence-corrected chi connectivity index (χ1v) is 6.24. The number of carbonyl (C=O) groups is 1. The van der Waals surface area contributed by atoms with Crippen molar-refractivity contribution in [3.05, 3.63) is 41.7 Å². The van der Waals surface area contributed by atoms with E-state index in [4.69, 9.17) is 0 Å². The minimum absolute atomic E-state index is 0.168. The molecule has 6 heteroatoms. The van der Waals surface area contributed by atoms with Gasteiger partial charge in [0.15, 0.2) is 0 Å². The maximum absolute atomic E-state index is 12.0. The quantitative estimate of drug-likeness (QED) is 0.767. The SMILES string of the molecule is Cn1nccc1C(=O)Nc1ccc2ncsc2c1. The lowest BCUT2D eigenvalue weighted by molar-refractivity contribution is 0.101. The minimum atomic E-state index is -0.168. The summed E-state index contributed by atoms with van der Waals surface area (Å²) in [6, 6.07) is 7.34. The smallest absolute Gasteiger partial charge is 0.273 e. The van der Waals surface area contributed by atoms with Crippen LogP contribution in [0, 0.1) is 0 Å². The normalized spacial score (nSPS) is 10.7. The largest absolute Gasteiger partial charge is 0.321 e. The summed E-state index contributed by atoms with van der Waals surface area (Å²) < 4.78 is 2.60. The molecular weight excluding hydrogens is 248 g/mol. The molecule has 1 aromatic carbocycles. The summed E-state index contributed by atoms with van der Waals surface area (Å²) in [7, 11) is 1.74. The first kappa shape index (κ1) is 10.9. The summed E-state index contributed by atoms with van der Waals surface area (Å²) in [6.07, 6.45) is 1.60. The van der Waals surface area contributed by atoms with Crippen molar-refractivity contribution in [3.8, 4) is 0 Å². The Kier molecular flexibility index (Phi) is 2.56. The Morgan fingerprint density at radius 2 is 2.28 bits per heavy atom. The number of rotatable bonds is 2. The van der Waals surface area contributed by atoms with Crippen LogP contribution in [0.2, 0.25) is 0 Å². The molecule has 90 valence electrons. The Balaban J connectivity index is 1.88. The topological polar surface area (TPSA) is 59.8 Å². The lowest BCUT2D eigenvalue weighted by Crippen LogP contribution is -2.15. The maximum Gasteiger partial charge on any atom is 0.273 e. The lowest BCUT2D eigenvalue weighted by atomic mass is 10.3. The lowest BCUT2D eigenvalue weighted by Gasteiger charge is -2.05. The number of hydrogen-bond acceptors (Lipinski definition) is 4. The van der Waals surface area contributed by atoms with Gasteiger partial charge in [-0.25, -0.2) is 4.98 Å². The number of carbonyl (C=O) groups excluding carboxylic acids is 1. The van der Waals surface area contributed by atoms with Gasteiger partial charge in [-0.05, 0) is 24.3 Å². The van der Waals surface area contributed by atoms with Crippen molar-refractivity contribution in [2.24, 2.45) is 7.05 Å². The van der Waals surface area contributed by atoms with Crippen LogP contribution in [0.5, 0.6) is 0 Å². The zero-order chi connectivity index (χ0) is 12.5. The van der Waals surface area contributed by atoms with E-state index in [0.29, 0.717) is 5.69 Å². The molecule has 1 amide bonds. The Morgan fingerprint density at radius 1 is 1.39 bits per heavy atom. The number of hydrogen-bond donors (Lipinski definition) is 1. The van der Waals surface area contributed by atoms with Crippen molar-refractivity contribution in [3.63, 3.8) is 0 Å². The van der Waals surface area contributed by atoms with Gasteiger partial charge in [0.2, 0.25) is 0 Å². The van der Waals surface area contributed by atoms with E-state index in [9.17, 15) is 4.79 Å². The van der Waals surface area contributed by atoms with Crippen LogP contribution >= 0.6 is 11.3 Å². The number of aryl methyl sites for hydroxylation is 1. The molecule has 2 heterocycles. The van der Waals surface area contributed by atoms with Crippen LogP contribution < -0.4 is 5.32 Å². The fourth-order valence-electron chi connectivity index (χ4n) is 1.72. The highest BCUT2D eigenvalue weighted by Gasteiger charge is 2.10. The summed E-state index contributed by atoms with van der Waals surface area (Å²) in [4.78, 5) is 16.2. The van der Waals surface area contributed by atoms with E-state index in [1.165, 1.54) is 0 Å². The maximum atomic E-state index is 12.0. The Morgan fingerprint density at radius 3 is 3.06 bits per heavy atom. The van der Waals surface area contributed by atoms with E-state index in [2.05, 4.69) is 15.4 Å². The molecule has 3 aromatic rings. The Labute approximate surface area is 107 Å². The first-order chi connectivity index (χ1) is 8.74. The van der Waals surface area contributed by atoms with Gasteiger partial charge in [0, 0.05) is 18.9 Å². The third-order valence-corrected chi connectivity index (χ3v) is 3.43. The molecule has 0 saturated heterocycles. The number of benzene rings is 1. The van der Waals surface area contributed by atoms with Crippen LogP contribution in [0.3, 0.4) is 0 Å². The van der Waals surface area contributed by atoms with Gasteiger partial charge in [0.05, 0.1) is 15.7 Å². The number of anilines is 1. The van der Waals surface area contributed by atoms with Gasteiger partial charge in [-0.15, -0.1) is 11.3 Å². The zero-order valence-electron chi connectivity index (χ0n) is 9.62. The van der Waals surface area contributed by atoms with E-state index in [1.807, 2.05) is 18.2 Å². The minimum Gasteiger partial charge on any atom is -0.321 e.